The summed E-state index contributed by atoms with van der Waals surface area (Å²) in [6.07, 6.45) is 0. The maximum atomic E-state index is 5.81. The maximum Gasteiger partial charge on any atom is 0.191 e. The molecule has 1 heterocycles. The van der Waals surface area contributed by atoms with Crippen LogP contribution in [0.3, 0.4) is 0 Å². The predicted molar refractivity (Wildman–Crippen MR) is 102 cm³/mol. The Morgan fingerprint density at radius 1 is 1.20 bits per heavy atom. The second-order valence-electron chi connectivity index (χ2n) is 6.01. The molecule has 0 amide bonds. The van der Waals surface area contributed by atoms with E-state index in [0.29, 0.717) is 19.7 Å². The number of hydrogen-bond acceptors (Lipinski definition) is 3. The molecule has 0 spiro atoms. The summed E-state index contributed by atoms with van der Waals surface area (Å²) in [5.41, 5.74) is 4.50. The minimum atomic E-state index is 0.584. The van der Waals surface area contributed by atoms with Crippen LogP contribution in [0.2, 0.25) is 0 Å². The lowest BCUT2D eigenvalue weighted by molar-refractivity contribution is 0.320. The van der Waals surface area contributed by atoms with Gasteiger partial charge < -0.3 is 15.4 Å². The standard InChI is InChI=1S/C19H29N5O/c1-6-20-19(22-13-17-15(3)23-24(5)16(17)4)21-11-12-25-18-10-8-7-9-14(18)2/h7-10H,6,11-13H2,1-5H3,(H2,20,21,22). The number of aliphatic imine (C=N–C) groups is 1. The first-order valence-corrected chi connectivity index (χ1v) is 8.72. The number of nitrogens with one attached hydrogen (secondary N) is 2. The van der Waals surface area contributed by atoms with Crippen molar-refractivity contribution < 1.29 is 4.74 Å². The molecule has 0 saturated heterocycles. The van der Waals surface area contributed by atoms with Gasteiger partial charge >= 0.3 is 0 Å². The highest BCUT2D eigenvalue weighted by molar-refractivity contribution is 5.79. The molecule has 0 aliphatic heterocycles. The summed E-state index contributed by atoms with van der Waals surface area (Å²) in [6.45, 7) is 10.9. The van der Waals surface area contributed by atoms with Gasteiger partial charge in [-0.1, -0.05) is 18.2 Å². The minimum Gasteiger partial charge on any atom is -0.491 e. The third-order valence-corrected chi connectivity index (χ3v) is 4.14. The van der Waals surface area contributed by atoms with E-state index in [1.165, 1.54) is 5.56 Å². The fraction of sp³-hybridized carbons (Fsp3) is 0.474. The second-order valence-corrected chi connectivity index (χ2v) is 6.01. The molecule has 2 aromatic rings. The summed E-state index contributed by atoms with van der Waals surface area (Å²) in [5, 5.41) is 11.0. The summed E-state index contributed by atoms with van der Waals surface area (Å²) in [5.74, 6) is 1.71. The van der Waals surface area contributed by atoms with Gasteiger partial charge in [0.1, 0.15) is 12.4 Å². The first-order chi connectivity index (χ1) is 12.0. The highest BCUT2D eigenvalue weighted by Gasteiger charge is 2.09. The number of ether oxygens (including phenoxy) is 1. The van der Waals surface area contributed by atoms with Crippen molar-refractivity contribution in [3.63, 3.8) is 0 Å². The van der Waals surface area contributed by atoms with Crippen molar-refractivity contribution in [1.82, 2.24) is 20.4 Å². The first kappa shape index (κ1) is 18.8. The lowest BCUT2D eigenvalue weighted by atomic mass is 10.2. The van der Waals surface area contributed by atoms with E-state index >= 15 is 0 Å². The van der Waals surface area contributed by atoms with Crippen molar-refractivity contribution in [1.29, 1.82) is 0 Å². The molecule has 2 rings (SSSR count). The van der Waals surface area contributed by atoms with Crippen LogP contribution in [0.5, 0.6) is 5.75 Å². The van der Waals surface area contributed by atoms with Crippen molar-refractivity contribution in [2.75, 3.05) is 19.7 Å². The van der Waals surface area contributed by atoms with Gasteiger partial charge in [-0.3, -0.25) is 4.68 Å². The van der Waals surface area contributed by atoms with E-state index in [1.807, 2.05) is 49.8 Å². The Hall–Kier alpha value is -2.50. The highest BCUT2D eigenvalue weighted by Crippen LogP contribution is 2.15. The molecule has 0 unspecified atom stereocenters. The van der Waals surface area contributed by atoms with Gasteiger partial charge in [-0.05, 0) is 39.3 Å². The third-order valence-electron chi connectivity index (χ3n) is 4.14. The SMILES string of the molecule is CCNC(=NCc1c(C)nn(C)c1C)NCCOc1ccccc1C. The van der Waals surface area contributed by atoms with Crippen molar-refractivity contribution in [3.8, 4) is 5.75 Å². The maximum absolute atomic E-state index is 5.81. The molecule has 0 radical (unpaired) electrons. The van der Waals surface area contributed by atoms with Crippen LogP contribution in [-0.2, 0) is 13.6 Å². The molecule has 0 aliphatic carbocycles. The van der Waals surface area contributed by atoms with Gasteiger partial charge in [0.2, 0.25) is 0 Å². The van der Waals surface area contributed by atoms with Crippen molar-refractivity contribution in [2.24, 2.45) is 12.0 Å². The quantitative estimate of drug-likeness (QED) is 0.461. The molecule has 0 saturated carbocycles. The Bertz CT molecular complexity index is 721. The van der Waals surface area contributed by atoms with E-state index in [9.17, 15) is 0 Å². The largest absolute Gasteiger partial charge is 0.491 e. The predicted octanol–water partition coefficient (Wildman–Crippen LogP) is 2.48. The Balaban J connectivity index is 1.88. The van der Waals surface area contributed by atoms with Gasteiger partial charge in [-0.15, -0.1) is 0 Å². The molecule has 6 heteroatoms. The molecule has 2 N–H and O–H groups in total. The molecule has 136 valence electrons. The lowest BCUT2D eigenvalue weighted by Crippen LogP contribution is -2.39. The number of aromatic nitrogens is 2. The van der Waals surface area contributed by atoms with Gasteiger partial charge in [-0.2, -0.15) is 5.10 Å². The summed E-state index contributed by atoms with van der Waals surface area (Å²) < 4.78 is 7.71. The number of aryl methyl sites for hydroxylation is 3. The smallest absolute Gasteiger partial charge is 0.191 e. The molecule has 0 fully saturated rings. The van der Waals surface area contributed by atoms with E-state index in [0.717, 1.165) is 35.2 Å². The molecule has 6 nitrogen and oxygen atoms in total. The van der Waals surface area contributed by atoms with E-state index < -0.39 is 0 Å². The Morgan fingerprint density at radius 2 is 1.96 bits per heavy atom. The topological polar surface area (TPSA) is 63.5 Å². The summed E-state index contributed by atoms with van der Waals surface area (Å²) in [7, 11) is 1.96. The van der Waals surface area contributed by atoms with Crippen LogP contribution in [0, 0.1) is 20.8 Å². The molecular weight excluding hydrogens is 314 g/mol. The number of hydrogen-bond donors (Lipinski definition) is 2. The van der Waals surface area contributed by atoms with Gasteiger partial charge in [0.25, 0.3) is 0 Å². The van der Waals surface area contributed by atoms with Gasteiger partial charge in [0, 0.05) is 24.8 Å². The van der Waals surface area contributed by atoms with Crippen LogP contribution >= 0.6 is 0 Å². The van der Waals surface area contributed by atoms with Gasteiger partial charge in [-0.25, -0.2) is 4.99 Å². The van der Waals surface area contributed by atoms with E-state index in [4.69, 9.17) is 4.74 Å². The van der Waals surface area contributed by atoms with Crippen molar-refractivity contribution >= 4 is 5.96 Å². The average Bonchev–Trinajstić information content (AvgIpc) is 2.83. The number of para-hydroxylation sites is 1. The Labute approximate surface area is 150 Å². The van der Waals surface area contributed by atoms with Crippen LogP contribution in [0.1, 0.15) is 29.4 Å². The van der Waals surface area contributed by atoms with Crippen molar-refractivity contribution in [3.05, 3.63) is 46.8 Å². The fourth-order valence-corrected chi connectivity index (χ4v) is 2.59. The number of rotatable bonds is 7. The zero-order valence-electron chi connectivity index (χ0n) is 15.9. The molecule has 25 heavy (non-hydrogen) atoms. The number of benzene rings is 1. The number of nitrogens with zero attached hydrogens (tertiary/aromatic N) is 3. The Morgan fingerprint density at radius 3 is 2.60 bits per heavy atom. The molecule has 0 atom stereocenters. The highest BCUT2D eigenvalue weighted by atomic mass is 16.5. The summed E-state index contributed by atoms with van der Waals surface area (Å²) in [6, 6.07) is 8.04. The van der Waals surface area contributed by atoms with Gasteiger partial charge in [0.15, 0.2) is 5.96 Å². The second kappa shape index (κ2) is 9.11. The number of guanidine groups is 1. The van der Waals surface area contributed by atoms with Gasteiger partial charge in [0.05, 0.1) is 18.8 Å². The van der Waals surface area contributed by atoms with Crippen LogP contribution in [0.4, 0.5) is 0 Å². The lowest BCUT2D eigenvalue weighted by Gasteiger charge is -2.13. The molecule has 1 aromatic carbocycles. The average molecular weight is 343 g/mol. The monoisotopic (exact) mass is 343 g/mol. The summed E-state index contributed by atoms with van der Waals surface area (Å²) >= 11 is 0. The zero-order chi connectivity index (χ0) is 18.2. The van der Waals surface area contributed by atoms with Crippen LogP contribution in [-0.4, -0.2) is 35.4 Å². The molecule has 0 bridgehead atoms. The van der Waals surface area contributed by atoms with E-state index in [1.54, 1.807) is 0 Å². The van der Waals surface area contributed by atoms with E-state index in [-0.39, 0.29) is 0 Å². The van der Waals surface area contributed by atoms with Crippen LogP contribution in [0.25, 0.3) is 0 Å². The molecule has 1 aromatic heterocycles. The van der Waals surface area contributed by atoms with Crippen molar-refractivity contribution in [2.45, 2.75) is 34.2 Å². The third kappa shape index (κ3) is 5.24. The molecular formula is C19H29N5O. The first-order valence-electron chi connectivity index (χ1n) is 8.72. The minimum absolute atomic E-state index is 0.584. The zero-order valence-corrected chi connectivity index (χ0v) is 15.9. The van der Waals surface area contributed by atoms with Crippen LogP contribution < -0.4 is 15.4 Å². The fourth-order valence-electron chi connectivity index (χ4n) is 2.59. The van der Waals surface area contributed by atoms with Crippen LogP contribution in [0.15, 0.2) is 29.3 Å². The Kier molecular flexibility index (Phi) is 6.86. The normalized spacial score (nSPS) is 11.5. The molecule has 0 aliphatic rings. The van der Waals surface area contributed by atoms with E-state index in [2.05, 4.69) is 34.6 Å². The summed E-state index contributed by atoms with van der Waals surface area (Å²) in [4.78, 5) is 4.67.